The molecule has 17 heavy (non-hydrogen) atoms. The maximum Gasteiger partial charge on any atom is 0.0361 e. The van der Waals surface area contributed by atoms with Crippen LogP contribution in [0.2, 0.25) is 0 Å². The Morgan fingerprint density at radius 3 is 2.35 bits per heavy atom. The fourth-order valence-electron chi connectivity index (χ4n) is 1.71. The molecule has 88 valence electrons. The predicted octanol–water partition coefficient (Wildman–Crippen LogP) is 2.27. The van der Waals surface area contributed by atoms with Crippen LogP contribution in [0, 0.1) is 0 Å². The first kappa shape index (κ1) is 11.6. The van der Waals surface area contributed by atoms with E-state index in [2.05, 4.69) is 40.2 Å². The molecule has 1 aromatic heterocycles. The summed E-state index contributed by atoms with van der Waals surface area (Å²) in [7, 11) is 4.07. The summed E-state index contributed by atoms with van der Waals surface area (Å²) in [6.07, 6.45) is 3.67. The van der Waals surface area contributed by atoms with Crippen molar-refractivity contribution in [2.75, 3.05) is 19.0 Å². The molecule has 0 saturated carbocycles. The molecule has 1 aromatic carbocycles. The lowest BCUT2D eigenvalue weighted by molar-refractivity contribution is 1.05. The molecule has 0 bridgehead atoms. The van der Waals surface area contributed by atoms with Crippen LogP contribution in [0.3, 0.4) is 0 Å². The first-order valence-electron chi connectivity index (χ1n) is 5.62. The highest BCUT2D eigenvalue weighted by Gasteiger charge is 2.00. The molecule has 0 saturated heterocycles. The molecule has 2 N–H and O–H groups in total. The number of benzene rings is 1. The van der Waals surface area contributed by atoms with Gasteiger partial charge in [0, 0.05) is 44.3 Å². The van der Waals surface area contributed by atoms with Gasteiger partial charge in [0.2, 0.25) is 0 Å². The van der Waals surface area contributed by atoms with Gasteiger partial charge >= 0.3 is 0 Å². The van der Waals surface area contributed by atoms with E-state index in [1.165, 1.54) is 11.3 Å². The molecule has 1 heterocycles. The minimum atomic E-state index is 0.524. The van der Waals surface area contributed by atoms with Gasteiger partial charge in [-0.3, -0.25) is 4.98 Å². The van der Waals surface area contributed by atoms with Gasteiger partial charge in [-0.2, -0.15) is 0 Å². The van der Waals surface area contributed by atoms with Crippen LogP contribution in [0.15, 0.2) is 42.7 Å². The van der Waals surface area contributed by atoms with E-state index >= 15 is 0 Å². The Balaban J connectivity index is 2.32. The molecule has 2 rings (SSSR count). The normalized spacial score (nSPS) is 10.3. The third-order valence-corrected chi connectivity index (χ3v) is 2.75. The van der Waals surface area contributed by atoms with E-state index in [1.807, 2.05) is 20.3 Å². The smallest absolute Gasteiger partial charge is 0.0361 e. The van der Waals surface area contributed by atoms with Crippen molar-refractivity contribution < 1.29 is 0 Å². The number of pyridine rings is 1. The maximum absolute atomic E-state index is 5.61. The van der Waals surface area contributed by atoms with Crippen LogP contribution in [0.25, 0.3) is 11.1 Å². The Kier molecular flexibility index (Phi) is 3.40. The lowest BCUT2D eigenvalue weighted by Gasteiger charge is -2.12. The standard InChI is InChI=1S/C14H17N3/c1-17(2)14-5-3-12(4-6-14)13-7-11(8-15)9-16-10-13/h3-7,9-10H,8,15H2,1-2H3. The van der Waals surface area contributed by atoms with Crippen molar-refractivity contribution in [3.05, 3.63) is 48.3 Å². The number of nitrogens with two attached hydrogens (primary N) is 1. The van der Waals surface area contributed by atoms with Gasteiger partial charge in [0.25, 0.3) is 0 Å². The molecule has 0 amide bonds. The van der Waals surface area contributed by atoms with Gasteiger partial charge in [0.05, 0.1) is 0 Å². The third kappa shape index (κ3) is 2.63. The Hall–Kier alpha value is -1.87. The molecule has 3 nitrogen and oxygen atoms in total. The number of anilines is 1. The number of hydrogen-bond acceptors (Lipinski definition) is 3. The van der Waals surface area contributed by atoms with E-state index in [0.717, 1.165) is 11.1 Å². The van der Waals surface area contributed by atoms with Gasteiger partial charge in [-0.15, -0.1) is 0 Å². The average molecular weight is 227 g/mol. The van der Waals surface area contributed by atoms with Gasteiger partial charge < -0.3 is 10.6 Å². The summed E-state index contributed by atoms with van der Waals surface area (Å²) in [6.45, 7) is 0.524. The van der Waals surface area contributed by atoms with Crippen molar-refractivity contribution in [3.63, 3.8) is 0 Å². The van der Waals surface area contributed by atoms with Crippen molar-refractivity contribution >= 4 is 5.69 Å². The number of aromatic nitrogens is 1. The summed E-state index contributed by atoms with van der Waals surface area (Å²) >= 11 is 0. The van der Waals surface area contributed by atoms with Crippen molar-refractivity contribution in [2.45, 2.75) is 6.54 Å². The fraction of sp³-hybridized carbons (Fsp3) is 0.214. The quantitative estimate of drug-likeness (QED) is 0.874. The first-order valence-corrected chi connectivity index (χ1v) is 5.62. The van der Waals surface area contributed by atoms with Crippen LogP contribution in [0.1, 0.15) is 5.56 Å². The summed E-state index contributed by atoms with van der Waals surface area (Å²) in [6, 6.07) is 10.5. The van der Waals surface area contributed by atoms with Crippen LogP contribution < -0.4 is 10.6 Å². The van der Waals surface area contributed by atoms with E-state index < -0.39 is 0 Å². The second-order valence-electron chi connectivity index (χ2n) is 4.23. The lowest BCUT2D eigenvalue weighted by atomic mass is 10.1. The van der Waals surface area contributed by atoms with E-state index in [0.29, 0.717) is 6.54 Å². The summed E-state index contributed by atoms with van der Waals surface area (Å²) in [4.78, 5) is 6.28. The molecule has 0 aliphatic heterocycles. The number of rotatable bonds is 3. The molecule has 0 fully saturated rings. The summed E-state index contributed by atoms with van der Waals surface area (Å²) < 4.78 is 0. The van der Waals surface area contributed by atoms with Crippen LogP contribution in [0.4, 0.5) is 5.69 Å². The van der Waals surface area contributed by atoms with Crippen molar-refractivity contribution in [2.24, 2.45) is 5.73 Å². The largest absolute Gasteiger partial charge is 0.378 e. The Morgan fingerprint density at radius 1 is 1.06 bits per heavy atom. The van der Waals surface area contributed by atoms with Crippen LogP contribution in [0.5, 0.6) is 0 Å². The van der Waals surface area contributed by atoms with E-state index in [1.54, 1.807) is 6.20 Å². The molecule has 3 heteroatoms. The van der Waals surface area contributed by atoms with Gasteiger partial charge in [-0.1, -0.05) is 12.1 Å². The molecule has 2 aromatic rings. The lowest BCUT2D eigenvalue weighted by Crippen LogP contribution is -2.07. The molecule has 0 aliphatic carbocycles. The predicted molar refractivity (Wildman–Crippen MR) is 71.9 cm³/mol. The maximum atomic E-state index is 5.61. The van der Waals surface area contributed by atoms with Gasteiger partial charge in [-0.25, -0.2) is 0 Å². The van der Waals surface area contributed by atoms with Crippen LogP contribution in [-0.2, 0) is 6.54 Å². The fourth-order valence-corrected chi connectivity index (χ4v) is 1.71. The minimum absolute atomic E-state index is 0.524. The van der Waals surface area contributed by atoms with Crippen LogP contribution >= 0.6 is 0 Å². The van der Waals surface area contributed by atoms with E-state index in [4.69, 9.17) is 5.73 Å². The van der Waals surface area contributed by atoms with Crippen LogP contribution in [-0.4, -0.2) is 19.1 Å². The third-order valence-electron chi connectivity index (χ3n) is 2.75. The highest BCUT2D eigenvalue weighted by atomic mass is 15.1. The summed E-state index contributed by atoms with van der Waals surface area (Å²) in [5, 5.41) is 0. The summed E-state index contributed by atoms with van der Waals surface area (Å²) in [5.41, 5.74) is 10.1. The molecule has 0 unspecified atom stereocenters. The van der Waals surface area contributed by atoms with Gasteiger partial charge in [0.1, 0.15) is 0 Å². The Labute approximate surface area is 102 Å². The van der Waals surface area contributed by atoms with Crippen molar-refractivity contribution in [1.29, 1.82) is 0 Å². The molecule has 0 radical (unpaired) electrons. The monoisotopic (exact) mass is 227 g/mol. The second-order valence-corrected chi connectivity index (χ2v) is 4.23. The Bertz CT molecular complexity index is 489. The number of nitrogens with zero attached hydrogens (tertiary/aromatic N) is 2. The Morgan fingerprint density at radius 2 is 1.76 bits per heavy atom. The molecule has 0 atom stereocenters. The van der Waals surface area contributed by atoms with Gasteiger partial charge in [0.15, 0.2) is 0 Å². The molecular formula is C14H17N3. The number of hydrogen-bond donors (Lipinski definition) is 1. The first-order chi connectivity index (χ1) is 8.20. The second kappa shape index (κ2) is 4.97. The summed E-state index contributed by atoms with van der Waals surface area (Å²) in [5.74, 6) is 0. The molecular weight excluding hydrogens is 210 g/mol. The van der Waals surface area contributed by atoms with Crippen molar-refractivity contribution in [1.82, 2.24) is 4.98 Å². The molecule has 0 aliphatic rings. The zero-order valence-corrected chi connectivity index (χ0v) is 10.2. The van der Waals surface area contributed by atoms with E-state index in [9.17, 15) is 0 Å². The SMILES string of the molecule is CN(C)c1ccc(-c2cncc(CN)c2)cc1. The zero-order chi connectivity index (χ0) is 12.3. The van der Waals surface area contributed by atoms with Crippen molar-refractivity contribution in [3.8, 4) is 11.1 Å². The topological polar surface area (TPSA) is 42.2 Å². The zero-order valence-electron chi connectivity index (χ0n) is 10.2. The average Bonchev–Trinajstić information content (AvgIpc) is 2.39. The van der Waals surface area contributed by atoms with E-state index in [-0.39, 0.29) is 0 Å². The highest BCUT2D eigenvalue weighted by Crippen LogP contribution is 2.22. The highest BCUT2D eigenvalue weighted by molar-refractivity contribution is 5.65. The van der Waals surface area contributed by atoms with Gasteiger partial charge in [-0.05, 0) is 29.3 Å². The minimum Gasteiger partial charge on any atom is -0.378 e. The molecule has 0 spiro atoms.